The summed E-state index contributed by atoms with van der Waals surface area (Å²) in [7, 11) is 0. The summed E-state index contributed by atoms with van der Waals surface area (Å²) in [6.45, 7) is 5.89. The SMILES string of the molecule is Cc1cnccc1C(=O)Nc1ccc(-n2cnc(C)c2C)cc1. The molecule has 3 aromatic rings. The molecule has 2 aromatic heterocycles. The Kier molecular flexibility index (Phi) is 3.93. The van der Waals surface area contributed by atoms with E-state index >= 15 is 0 Å². The number of hydrogen-bond donors (Lipinski definition) is 1. The van der Waals surface area contributed by atoms with Crippen LogP contribution in [0.2, 0.25) is 0 Å². The molecule has 0 spiro atoms. The third-order valence-electron chi connectivity index (χ3n) is 3.92. The van der Waals surface area contributed by atoms with Gasteiger partial charge in [-0.1, -0.05) is 0 Å². The van der Waals surface area contributed by atoms with Crippen LogP contribution in [0.3, 0.4) is 0 Å². The molecule has 23 heavy (non-hydrogen) atoms. The zero-order valence-electron chi connectivity index (χ0n) is 13.4. The Hall–Kier alpha value is -2.95. The lowest BCUT2D eigenvalue weighted by Gasteiger charge is -2.09. The van der Waals surface area contributed by atoms with Crippen molar-refractivity contribution in [3.8, 4) is 5.69 Å². The molecule has 1 amide bonds. The highest BCUT2D eigenvalue weighted by Gasteiger charge is 2.09. The van der Waals surface area contributed by atoms with Gasteiger partial charge in [-0.15, -0.1) is 0 Å². The Labute approximate surface area is 135 Å². The second-order valence-corrected chi connectivity index (χ2v) is 5.48. The first-order chi connectivity index (χ1) is 11.1. The smallest absolute Gasteiger partial charge is 0.256 e. The summed E-state index contributed by atoms with van der Waals surface area (Å²) in [6, 6.07) is 9.42. The van der Waals surface area contributed by atoms with E-state index in [1.54, 1.807) is 24.8 Å². The number of carbonyl (C=O) groups is 1. The van der Waals surface area contributed by atoms with Gasteiger partial charge in [0.15, 0.2) is 0 Å². The Morgan fingerprint density at radius 2 is 1.83 bits per heavy atom. The predicted octanol–water partition coefficient (Wildman–Crippen LogP) is 3.44. The van der Waals surface area contributed by atoms with Gasteiger partial charge in [0.2, 0.25) is 0 Å². The fourth-order valence-corrected chi connectivity index (χ4v) is 2.39. The van der Waals surface area contributed by atoms with Gasteiger partial charge in [0.25, 0.3) is 5.91 Å². The Balaban J connectivity index is 1.79. The predicted molar refractivity (Wildman–Crippen MR) is 90.0 cm³/mol. The van der Waals surface area contributed by atoms with E-state index in [9.17, 15) is 4.79 Å². The van der Waals surface area contributed by atoms with Crippen molar-refractivity contribution >= 4 is 11.6 Å². The van der Waals surface area contributed by atoms with E-state index < -0.39 is 0 Å². The van der Waals surface area contributed by atoms with Crippen LogP contribution in [-0.4, -0.2) is 20.4 Å². The first-order valence-electron chi connectivity index (χ1n) is 7.39. The lowest BCUT2D eigenvalue weighted by molar-refractivity contribution is 0.102. The molecule has 1 aromatic carbocycles. The molecule has 2 heterocycles. The number of imidazole rings is 1. The molecular weight excluding hydrogens is 288 g/mol. The average molecular weight is 306 g/mol. The van der Waals surface area contributed by atoms with Gasteiger partial charge in [-0.25, -0.2) is 4.98 Å². The molecule has 5 heteroatoms. The van der Waals surface area contributed by atoms with Gasteiger partial charge < -0.3 is 9.88 Å². The van der Waals surface area contributed by atoms with Gasteiger partial charge in [-0.3, -0.25) is 9.78 Å². The first-order valence-corrected chi connectivity index (χ1v) is 7.39. The number of nitrogens with one attached hydrogen (secondary N) is 1. The number of amides is 1. The first kappa shape index (κ1) is 15.0. The number of rotatable bonds is 3. The molecule has 0 aliphatic rings. The number of benzene rings is 1. The minimum atomic E-state index is -0.132. The molecule has 0 fully saturated rings. The maximum atomic E-state index is 12.3. The molecule has 0 aliphatic heterocycles. The van der Waals surface area contributed by atoms with E-state index in [1.807, 2.05) is 49.6 Å². The summed E-state index contributed by atoms with van der Waals surface area (Å²) in [4.78, 5) is 20.6. The maximum absolute atomic E-state index is 12.3. The number of hydrogen-bond acceptors (Lipinski definition) is 3. The molecular formula is C18H18N4O. The van der Waals surface area contributed by atoms with Gasteiger partial charge >= 0.3 is 0 Å². The highest BCUT2D eigenvalue weighted by atomic mass is 16.1. The third-order valence-corrected chi connectivity index (χ3v) is 3.92. The van der Waals surface area contributed by atoms with E-state index in [0.29, 0.717) is 5.56 Å². The van der Waals surface area contributed by atoms with E-state index in [-0.39, 0.29) is 5.91 Å². The Bertz CT molecular complexity index is 850. The number of nitrogens with zero attached hydrogens (tertiary/aromatic N) is 3. The summed E-state index contributed by atoms with van der Waals surface area (Å²) in [5, 5.41) is 2.91. The topological polar surface area (TPSA) is 59.8 Å². The number of carbonyl (C=O) groups excluding carboxylic acids is 1. The number of aromatic nitrogens is 3. The largest absolute Gasteiger partial charge is 0.322 e. The van der Waals surface area contributed by atoms with Crippen molar-refractivity contribution in [3.05, 3.63) is 71.6 Å². The minimum absolute atomic E-state index is 0.132. The molecule has 116 valence electrons. The van der Waals surface area contributed by atoms with E-state index in [0.717, 1.165) is 28.3 Å². The lowest BCUT2D eigenvalue weighted by atomic mass is 10.1. The van der Waals surface area contributed by atoms with Crippen LogP contribution in [0.5, 0.6) is 0 Å². The standard InChI is InChI=1S/C18H18N4O/c1-12-10-19-9-8-17(12)18(23)21-15-4-6-16(7-5-15)22-11-20-13(2)14(22)3/h4-11H,1-3H3,(H,21,23). The van der Waals surface area contributed by atoms with Gasteiger partial charge in [0.05, 0.1) is 12.0 Å². The molecule has 5 nitrogen and oxygen atoms in total. The second kappa shape index (κ2) is 6.04. The van der Waals surface area contributed by atoms with E-state index in [4.69, 9.17) is 0 Å². The molecule has 0 saturated heterocycles. The maximum Gasteiger partial charge on any atom is 0.256 e. The molecule has 0 bridgehead atoms. The minimum Gasteiger partial charge on any atom is -0.322 e. The lowest BCUT2D eigenvalue weighted by Crippen LogP contribution is -2.13. The normalized spacial score (nSPS) is 10.6. The van der Waals surface area contributed by atoms with Crippen molar-refractivity contribution in [2.75, 3.05) is 5.32 Å². The fraction of sp³-hybridized carbons (Fsp3) is 0.167. The third kappa shape index (κ3) is 2.99. The summed E-state index contributed by atoms with van der Waals surface area (Å²) in [5.74, 6) is -0.132. The summed E-state index contributed by atoms with van der Waals surface area (Å²) in [6.07, 6.45) is 5.11. The zero-order chi connectivity index (χ0) is 16.4. The van der Waals surface area contributed by atoms with E-state index in [1.165, 1.54) is 0 Å². The highest BCUT2D eigenvalue weighted by molar-refractivity contribution is 6.05. The van der Waals surface area contributed by atoms with Crippen LogP contribution in [0, 0.1) is 20.8 Å². The van der Waals surface area contributed by atoms with Crippen molar-refractivity contribution < 1.29 is 4.79 Å². The molecule has 1 N–H and O–H groups in total. The Morgan fingerprint density at radius 1 is 1.09 bits per heavy atom. The zero-order valence-corrected chi connectivity index (χ0v) is 13.4. The molecule has 0 atom stereocenters. The van der Waals surface area contributed by atoms with Crippen LogP contribution in [0.25, 0.3) is 5.69 Å². The van der Waals surface area contributed by atoms with Crippen molar-refractivity contribution in [1.82, 2.24) is 14.5 Å². The van der Waals surface area contributed by atoms with E-state index in [2.05, 4.69) is 15.3 Å². The summed E-state index contributed by atoms with van der Waals surface area (Å²) >= 11 is 0. The second-order valence-electron chi connectivity index (χ2n) is 5.48. The van der Waals surface area contributed by atoms with Crippen LogP contribution < -0.4 is 5.32 Å². The van der Waals surface area contributed by atoms with Gasteiger partial charge in [0.1, 0.15) is 0 Å². The average Bonchev–Trinajstić information content (AvgIpc) is 2.88. The van der Waals surface area contributed by atoms with Crippen molar-refractivity contribution in [3.63, 3.8) is 0 Å². The number of aryl methyl sites for hydroxylation is 2. The monoisotopic (exact) mass is 306 g/mol. The van der Waals surface area contributed by atoms with Crippen LogP contribution >= 0.6 is 0 Å². The van der Waals surface area contributed by atoms with Gasteiger partial charge in [0, 0.05) is 35.0 Å². The highest BCUT2D eigenvalue weighted by Crippen LogP contribution is 2.17. The summed E-state index contributed by atoms with van der Waals surface area (Å²) < 4.78 is 2.02. The van der Waals surface area contributed by atoms with Crippen LogP contribution in [0.1, 0.15) is 27.3 Å². The Morgan fingerprint density at radius 3 is 2.43 bits per heavy atom. The molecule has 0 saturated carbocycles. The molecule has 0 unspecified atom stereocenters. The van der Waals surface area contributed by atoms with Crippen LogP contribution in [0.15, 0.2) is 49.1 Å². The molecule has 0 radical (unpaired) electrons. The van der Waals surface area contributed by atoms with Crippen molar-refractivity contribution in [2.24, 2.45) is 0 Å². The van der Waals surface area contributed by atoms with Crippen LogP contribution in [-0.2, 0) is 0 Å². The van der Waals surface area contributed by atoms with Crippen molar-refractivity contribution in [2.45, 2.75) is 20.8 Å². The van der Waals surface area contributed by atoms with Crippen molar-refractivity contribution in [1.29, 1.82) is 0 Å². The fourth-order valence-electron chi connectivity index (χ4n) is 2.39. The molecule has 0 aliphatic carbocycles. The number of pyridine rings is 1. The van der Waals surface area contributed by atoms with Crippen LogP contribution in [0.4, 0.5) is 5.69 Å². The quantitative estimate of drug-likeness (QED) is 0.806. The summed E-state index contributed by atoms with van der Waals surface area (Å²) in [5.41, 5.74) is 5.37. The van der Waals surface area contributed by atoms with Gasteiger partial charge in [-0.05, 0) is 56.7 Å². The number of anilines is 1. The molecule has 3 rings (SSSR count). The van der Waals surface area contributed by atoms with Gasteiger partial charge in [-0.2, -0.15) is 0 Å².